The number of allylic oxidation sites excluding steroid dienone is 1. The zero-order chi connectivity index (χ0) is 17.8. The van der Waals surface area contributed by atoms with Gasteiger partial charge >= 0.3 is 6.18 Å². The minimum absolute atomic E-state index is 0.0714. The number of nitrogens with one attached hydrogen (secondary N) is 2. The molecule has 2 aromatic heterocycles. The molecule has 3 aromatic rings. The molecule has 0 radical (unpaired) electrons. The largest absolute Gasteiger partial charge is 0.433 e. The lowest BCUT2D eigenvalue weighted by molar-refractivity contribution is -0.0578. The van der Waals surface area contributed by atoms with E-state index in [1.165, 1.54) is 0 Å². The number of nitrogens with zero attached hydrogens (tertiary/aromatic N) is 2. The summed E-state index contributed by atoms with van der Waals surface area (Å²) in [7, 11) is 0. The van der Waals surface area contributed by atoms with E-state index in [1.807, 2.05) is 0 Å². The van der Waals surface area contributed by atoms with Crippen molar-refractivity contribution in [2.45, 2.75) is 24.9 Å². The Morgan fingerprint density at radius 3 is 2.72 bits per heavy atom. The summed E-state index contributed by atoms with van der Waals surface area (Å²) in [6, 6.07) is 5.17. The first-order valence-electron chi connectivity index (χ1n) is 7.75. The van der Waals surface area contributed by atoms with Gasteiger partial charge in [0.15, 0.2) is 0 Å². The highest BCUT2D eigenvalue weighted by Gasteiger charge is 2.38. The van der Waals surface area contributed by atoms with Gasteiger partial charge in [-0.15, -0.1) is 0 Å². The van der Waals surface area contributed by atoms with Gasteiger partial charge in [0.25, 0.3) is 0 Å². The molecule has 4 N–H and O–H groups in total. The lowest BCUT2D eigenvalue weighted by Crippen LogP contribution is -2.24. The summed E-state index contributed by atoms with van der Waals surface area (Å²) >= 11 is 0. The standard InChI is InChI=1S/C17H14F3N5/c18-17(19,20)16(22)10(6-21)14-5-9(8-1-2-8)15-11-7-23-25-12(11)3-4-13(15)24-14/h3-8,22H,1-2,21H2,(H,23,25)/b10-6-,22-16?. The Morgan fingerprint density at radius 1 is 1.32 bits per heavy atom. The molecule has 0 atom stereocenters. The molecule has 1 fully saturated rings. The second-order valence-corrected chi connectivity index (χ2v) is 6.12. The molecule has 0 spiro atoms. The van der Waals surface area contributed by atoms with Crippen molar-refractivity contribution < 1.29 is 13.2 Å². The molecule has 0 saturated heterocycles. The van der Waals surface area contributed by atoms with Gasteiger partial charge in [-0.25, -0.2) is 4.98 Å². The third-order valence-corrected chi connectivity index (χ3v) is 4.44. The van der Waals surface area contributed by atoms with E-state index in [0.29, 0.717) is 5.52 Å². The molecule has 5 nitrogen and oxygen atoms in total. The van der Waals surface area contributed by atoms with Crippen LogP contribution in [0.5, 0.6) is 0 Å². The first kappa shape index (κ1) is 15.6. The molecule has 2 heterocycles. The minimum atomic E-state index is -4.78. The predicted octanol–water partition coefficient (Wildman–Crippen LogP) is 3.87. The lowest BCUT2D eigenvalue weighted by atomic mass is 9.97. The number of alkyl halides is 3. The van der Waals surface area contributed by atoms with E-state index in [4.69, 9.17) is 11.1 Å². The Bertz CT molecular complexity index is 1030. The Labute approximate surface area is 140 Å². The highest BCUT2D eigenvalue weighted by molar-refractivity contribution is 6.24. The summed E-state index contributed by atoms with van der Waals surface area (Å²) in [6.07, 6.45) is -0.328. The van der Waals surface area contributed by atoms with E-state index in [0.717, 1.165) is 40.9 Å². The summed E-state index contributed by atoms with van der Waals surface area (Å²) < 4.78 is 38.9. The third kappa shape index (κ3) is 2.54. The van der Waals surface area contributed by atoms with Gasteiger partial charge in [0.2, 0.25) is 0 Å². The van der Waals surface area contributed by atoms with Crippen LogP contribution in [-0.2, 0) is 0 Å². The van der Waals surface area contributed by atoms with Crippen molar-refractivity contribution in [3.05, 3.63) is 41.9 Å². The molecule has 128 valence electrons. The van der Waals surface area contributed by atoms with E-state index in [-0.39, 0.29) is 11.6 Å². The van der Waals surface area contributed by atoms with Crippen molar-refractivity contribution in [2.24, 2.45) is 5.73 Å². The molecular weight excluding hydrogens is 331 g/mol. The van der Waals surface area contributed by atoms with Gasteiger partial charge < -0.3 is 5.73 Å². The number of aromatic nitrogens is 3. The van der Waals surface area contributed by atoms with Gasteiger partial charge in [0.1, 0.15) is 5.71 Å². The summed E-state index contributed by atoms with van der Waals surface area (Å²) in [5.41, 5.74) is 5.92. The van der Waals surface area contributed by atoms with E-state index < -0.39 is 17.5 Å². The monoisotopic (exact) mass is 345 g/mol. The maximum Gasteiger partial charge on any atom is 0.433 e. The number of aromatic amines is 1. The van der Waals surface area contributed by atoms with E-state index in [9.17, 15) is 13.2 Å². The van der Waals surface area contributed by atoms with Gasteiger partial charge in [-0.05, 0) is 42.5 Å². The quantitative estimate of drug-likeness (QED) is 0.629. The minimum Gasteiger partial charge on any atom is -0.404 e. The van der Waals surface area contributed by atoms with E-state index in [1.54, 1.807) is 24.4 Å². The van der Waals surface area contributed by atoms with Crippen LogP contribution in [0.4, 0.5) is 13.2 Å². The Morgan fingerprint density at radius 2 is 2.08 bits per heavy atom. The summed E-state index contributed by atoms with van der Waals surface area (Å²) in [6.45, 7) is 0. The fraction of sp³-hybridized carbons (Fsp3) is 0.235. The SMILES string of the molecule is N=C(/C(=C\N)c1cc(C2CC2)c2c(ccc3[nH]ncc32)n1)C(F)(F)F. The fourth-order valence-corrected chi connectivity index (χ4v) is 3.09. The molecule has 0 bridgehead atoms. The molecule has 1 aliphatic rings. The van der Waals surface area contributed by atoms with Crippen LogP contribution < -0.4 is 5.73 Å². The van der Waals surface area contributed by atoms with Gasteiger partial charge in [0, 0.05) is 22.5 Å². The third-order valence-electron chi connectivity index (χ3n) is 4.44. The van der Waals surface area contributed by atoms with Crippen LogP contribution in [0.3, 0.4) is 0 Å². The summed E-state index contributed by atoms with van der Waals surface area (Å²) in [4.78, 5) is 4.35. The molecule has 1 saturated carbocycles. The molecular formula is C17H14F3N5. The van der Waals surface area contributed by atoms with Crippen molar-refractivity contribution in [1.29, 1.82) is 5.41 Å². The average molecular weight is 345 g/mol. The first-order chi connectivity index (χ1) is 11.9. The van der Waals surface area contributed by atoms with E-state index in [2.05, 4.69) is 15.2 Å². The number of pyridine rings is 1. The number of nitrogens with two attached hydrogens (primary N) is 1. The molecule has 0 aliphatic heterocycles. The average Bonchev–Trinajstić information content (AvgIpc) is 3.30. The Hall–Kier alpha value is -2.90. The van der Waals surface area contributed by atoms with Crippen LogP contribution >= 0.6 is 0 Å². The summed E-state index contributed by atoms with van der Waals surface area (Å²) in [5, 5.41) is 16.1. The van der Waals surface area contributed by atoms with Crippen LogP contribution in [0.2, 0.25) is 0 Å². The van der Waals surface area contributed by atoms with Gasteiger partial charge in [-0.1, -0.05) is 0 Å². The highest BCUT2D eigenvalue weighted by Crippen LogP contribution is 2.45. The normalized spacial score (nSPS) is 15.9. The molecule has 1 aromatic carbocycles. The molecule has 0 unspecified atom stereocenters. The summed E-state index contributed by atoms with van der Waals surface area (Å²) in [5.74, 6) is 0.281. The number of halogens is 3. The smallest absolute Gasteiger partial charge is 0.404 e. The molecule has 8 heteroatoms. The van der Waals surface area contributed by atoms with Crippen molar-refractivity contribution >= 4 is 33.1 Å². The van der Waals surface area contributed by atoms with Crippen molar-refractivity contribution in [1.82, 2.24) is 15.2 Å². The number of benzene rings is 1. The zero-order valence-electron chi connectivity index (χ0n) is 13.0. The van der Waals surface area contributed by atoms with Crippen LogP contribution in [0.25, 0.3) is 27.4 Å². The maximum absolute atomic E-state index is 13.0. The first-order valence-corrected chi connectivity index (χ1v) is 7.75. The van der Waals surface area contributed by atoms with Gasteiger partial charge in [0.05, 0.1) is 22.9 Å². The molecule has 1 aliphatic carbocycles. The maximum atomic E-state index is 13.0. The number of hydrogen-bond donors (Lipinski definition) is 3. The van der Waals surface area contributed by atoms with Crippen LogP contribution in [-0.4, -0.2) is 27.1 Å². The fourth-order valence-electron chi connectivity index (χ4n) is 3.09. The number of H-pyrrole nitrogens is 1. The topological polar surface area (TPSA) is 91.4 Å². The molecule has 4 rings (SSSR count). The zero-order valence-corrected chi connectivity index (χ0v) is 13.0. The highest BCUT2D eigenvalue weighted by atomic mass is 19.4. The number of hydrogen-bond acceptors (Lipinski definition) is 4. The molecule has 25 heavy (non-hydrogen) atoms. The predicted molar refractivity (Wildman–Crippen MR) is 89.3 cm³/mol. The second-order valence-electron chi connectivity index (χ2n) is 6.12. The van der Waals surface area contributed by atoms with Crippen LogP contribution in [0.1, 0.15) is 30.0 Å². The van der Waals surface area contributed by atoms with Crippen molar-refractivity contribution in [3.63, 3.8) is 0 Å². The second kappa shape index (κ2) is 5.30. The number of rotatable bonds is 3. The van der Waals surface area contributed by atoms with Crippen molar-refractivity contribution in [2.75, 3.05) is 0 Å². The van der Waals surface area contributed by atoms with Gasteiger partial charge in [-0.2, -0.15) is 18.3 Å². The van der Waals surface area contributed by atoms with Crippen LogP contribution in [0.15, 0.2) is 30.6 Å². The van der Waals surface area contributed by atoms with Crippen LogP contribution in [0, 0.1) is 5.41 Å². The molecule has 0 amide bonds. The van der Waals surface area contributed by atoms with Crippen molar-refractivity contribution in [3.8, 4) is 0 Å². The van der Waals surface area contributed by atoms with Gasteiger partial charge in [-0.3, -0.25) is 10.5 Å². The number of fused-ring (bicyclic) bond motifs is 3. The lowest BCUT2D eigenvalue weighted by Gasteiger charge is -2.14. The Balaban J connectivity index is 1.97. The van der Waals surface area contributed by atoms with E-state index >= 15 is 0 Å². The Kier molecular flexibility index (Phi) is 3.31.